The third kappa shape index (κ3) is 3.95. The number of amides is 1. The van der Waals surface area contributed by atoms with Crippen molar-refractivity contribution in [2.45, 2.75) is 12.8 Å². The molecule has 0 atom stereocenters. The third-order valence-electron chi connectivity index (χ3n) is 1.38. The standard InChI is InChI=1S/C7H11N3O2S/c1-12-4-2-3-6(11)9-7-5-8-10-13-7/h5H,2-4H2,1H3,(H,9,11). The Labute approximate surface area is 80.3 Å². The lowest BCUT2D eigenvalue weighted by molar-refractivity contribution is -0.116. The van der Waals surface area contributed by atoms with Crippen molar-refractivity contribution in [1.29, 1.82) is 0 Å². The summed E-state index contributed by atoms with van der Waals surface area (Å²) in [5.41, 5.74) is 0. The molecule has 5 nitrogen and oxygen atoms in total. The Morgan fingerprint density at radius 1 is 1.77 bits per heavy atom. The topological polar surface area (TPSA) is 64.1 Å². The van der Waals surface area contributed by atoms with Crippen molar-refractivity contribution < 1.29 is 9.53 Å². The Kier molecular flexibility index (Phi) is 4.34. The van der Waals surface area contributed by atoms with E-state index in [0.29, 0.717) is 18.0 Å². The fraction of sp³-hybridized carbons (Fsp3) is 0.571. The molecule has 1 aromatic rings. The SMILES string of the molecule is COCCCC(=O)Nc1cnns1. The maximum absolute atomic E-state index is 11.2. The minimum Gasteiger partial charge on any atom is -0.385 e. The molecule has 0 spiro atoms. The molecule has 0 aliphatic rings. The lowest BCUT2D eigenvalue weighted by Gasteiger charge is -2.00. The van der Waals surface area contributed by atoms with E-state index in [2.05, 4.69) is 14.9 Å². The van der Waals surface area contributed by atoms with Crippen LogP contribution in [0.3, 0.4) is 0 Å². The Morgan fingerprint density at radius 3 is 3.23 bits per heavy atom. The van der Waals surface area contributed by atoms with E-state index in [-0.39, 0.29) is 5.91 Å². The summed E-state index contributed by atoms with van der Waals surface area (Å²) in [7, 11) is 1.62. The van der Waals surface area contributed by atoms with Crippen molar-refractivity contribution in [3.63, 3.8) is 0 Å². The van der Waals surface area contributed by atoms with Gasteiger partial charge in [-0.15, -0.1) is 5.10 Å². The van der Waals surface area contributed by atoms with Crippen molar-refractivity contribution in [1.82, 2.24) is 9.59 Å². The van der Waals surface area contributed by atoms with E-state index in [4.69, 9.17) is 4.74 Å². The van der Waals surface area contributed by atoms with Crippen LogP contribution in [0, 0.1) is 0 Å². The van der Waals surface area contributed by atoms with Crippen LogP contribution >= 0.6 is 11.5 Å². The van der Waals surface area contributed by atoms with Crippen molar-refractivity contribution in [3.8, 4) is 0 Å². The first kappa shape index (κ1) is 10.1. The number of ether oxygens (including phenoxy) is 1. The molecule has 0 radical (unpaired) electrons. The quantitative estimate of drug-likeness (QED) is 0.719. The van der Waals surface area contributed by atoms with Crippen molar-refractivity contribution >= 4 is 22.4 Å². The molecular weight excluding hydrogens is 190 g/mol. The van der Waals surface area contributed by atoms with Gasteiger partial charge in [0, 0.05) is 31.7 Å². The molecule has 0 aromatic carbocycles. The molecule has 0 bridgehead atoms. The van der Waals surface area contributed by atoms with Crippen LogP contribution in [0.25, 0.3) is 0 Å². The van der Waals surface area contributed by atoms with Crippen LogP contribution < -0.4 is 5.32 Å². The van der Waals surface area contributed by atoms with Crippen LogP contribution in [0.4, 0.5) is 5.00 Å². The number of hydrogen-bond acceptors (Lipinski definition) is 5. The van der Waals surface area contributed by atoms with Gasteiger partial charge in [0.2, 0.25) is 5.91 Å². The van der Waals surface area contributed by atoms with Gasteiger partial charge in [0.15, 0.2) is 0 Å². The number of carbonyl (C=O) groups excluding carboxylic acids is 1. The van der Waals surface area contributed by atoms with Crippen molar-refractivity contribution in [2.75, 3.05) is 19.0 Å². The molecule has 1 N–H and O–H groups in total. The van der Waals surface area contributed by atoms with Crippen molar-refractivity contribution in [2.24, 2.45) is 0 Å². The molecular formula is C7H11N3O2S. The van der Waals surface area contributed by atoms with E-state index in [1.807, 2.05) is 0 Å². The smallest absolute Gasteiger partial charge is 0.225 e. The first-order chi connectivity index (χ1) is 6.33. The van der Waals surface area contributed by atoms with Gasteiger partial charge < -0.3 is 10.1 Å². The highest BCUT2D eigenvalue weighted by molar-refractivity contribution is 7.10. The number of nitrogens with zero attached hydrogens (tertiary/aromatic N) is 2. The predicted molar refractivity (Wildman–Crippen MR) is 49.6 cm³/mol. The normalized spacial score (nSPS) is 9.92. The van der Waals surface area contributed by atoms with Crippen LogP contribution in [0.15, 0.2) is 6.20 Å². The van der Waals surface area contributed by atoms with Gasteiger partial charge in [0.25, 0.3) is 0 Å². The monoisotopic (exact) mass is 201 g/mol. The second-order valence-electron chi connectivity index (χ2n) is 2.43. The van der Waals surface area contributed by atoms with Gasteiger partial charge in [-0.3, -0.25) is 4.79 Å². The molecule has 0 saturated carbocycles. The van der Waals surface area contributed by atoms with Gasteiger partial charge >= 0.3 is 0 Å². The third-order valence-corrected chi connectivity index (χ3v) is 1.96. The number of carbonyl (C=O) groups is 1. The number of rotatable bonds is 5. The molecule has 0 fully saturated rings. The first-order valence-corrected chi connectivity index (χ1v) is 4.66. The minimum absolute atomic E-state index is 0.0249. The summed E-state index contributed by atoms with van der Waals surface area (Å²) in [6.07, 6.45) is 2.72. The molecule has 0 aliphatic carbocycles. The maximum atomic E-state index is 11.2. The number of aromatic nitrogens is 2. The molecule has 0 unspecified atom stereocenters. The Bertz CT molecular complexity index is 250. The lowest BCUT2D eigenvalue weighted by atomic mass is 10.3. The van der Waals surface area contributed by atoms with Gasteiger partial charge in [-0.1, -0.05) is 4.49 Å². The summed E-state index contributed by atoms with van der Waals surface area (Å²) in [5.74, 6) is -0.0249. The van der Waals surface area contributed by atoms with E-state index in [9.17, 15) is 4.79 Å². The average Bonchev–Trinajstić information content (AvgIpc) is 2.57. The van der Waals surface area contributed by atoms with E-state index in [1.165, 1.54) is 17.7 Å². The maximum Gasteiger partial charge on any atom is 0.225 e. The molecule has 1 heterocycles. The largest absolute Gasteiger partial charge is 0.385 e. The zero-order chi connectivity index (χ0) is 9.52. The summed E-state index contributed by atoms with van der Waals surface area (Å²) in [6.45, 7) is 0.606. The summed E-state index contributed by atoms with van der Waals surface area (Å²) in [5, 5.41) is 6.96. The van der Waals surface area contributed by atoms with E-state index < -0.39 is 0 Å². The van der Waals surface area contributed by atoms with E-state index >= 15 is 0 Å². The number of nitrogens with one attached hydrogen (secondary N) is 1. The van der Waals surface area contributed by atoms with Crippen molar-refractivity contribution in [3.05, 3.63) is 6.20 Å². The molecule has 1 amide bonds. The lowest BCUT2D eigenvalue weighted by Crippen LogP contribution is -2.10. The average molecular weight is 201 g/mol. The van der Waals surface area contributed by atoms with Crippen LogP contribution in [0.2, 0.25) is 0 Å². The van der Waals surface area contributed by atoms with Gasteiger partial charge in [0.05, 0.1) is 6.20 Å². The van der Waals surface area contributed by atoms with Gasteiger partial charge in [-0.25, -0.2) is 0 Å². The van der Waals surface area contributed by atoms with Crippen LogP contribution in [-0.2, 0) is 9.53 Å². The van der Waals surface area contributed by atoms with Gasteiger partial charge in [0.1, 0.15) is 5.00 Å². The number of hydrogen-bond donors (Lipinski definition) is 1. The Hall–Kier alpha value is -1.01. The Balaban J connectivity index is 2.18. The molecule has 72 valence electrons. The zero-order valence-corrected chi connectivity index (χ0v) is 8.13. The van der Waals surface area contributed by atoms with Crippen LogP contribution in [-0.4, -0.2) is 29.2 Å². The number of methoxy groups -OCH3 is 1. The molecule has 1 rings (SSSR count). The highest BCUT2D eigenvalue weighted by Gasteiger charge is 2.02. The highest BCUT2D eigenvalue weighted by Crippen LogP contribution is 2.09. The van der Waals surface area contributed by atoms with E-state index in [0.717, 1.165) is 6.42 Å². The first-order valence-electron chi connectivity index (χ1n) is 3.89. The summed E-state index contributed by atoms with van der Waals surface area (Å²) < 4.78 is 8.45. The second kappa shape index (κ2) is 5.60. The molecule has 0 aliphatic heterocycles. The highest BCUT2D eigenvalue weighted by atomic mass is 32.1. The zero-order valence-electron chi connectivity index (χ0n) is 7.32. The molecule has 0 saturated heterocycles. The summed E-state index contributed by atoms with van der Waals surface area (Å²) in [6, 6.07) is 0. The molecule has 6 heteroatoms. The second-order valence-corrected chi connectivity index (χ2v) is 3.21. The predicted octanol–water partition coefficient (Wildman–Crippen LogP) is 0.903. The van der Waals surface area contributed by atoms with Gasteiger partial charge in [-0.05, 0) is 6.42 Å². The summed E-state index contributed by atoms with van der Waals surface area (Å²) in [4.78, 5) is 11.2. The van der Waals surface area contributed by atoms with Crippen LogP contribution in [0.1, 0.15) is 12.8 Å². The fourth-order valence-electron chi connectivity index (χ4n) is 0.799. The summed E-state index contributed by atoms with van der Waals surface area (Å²) >= 11 is 1.17. The fourth-order valence-corrected chi connectivity index (χ4v) is 1.24. The number of anilines is 1. The van der Waals surface area contributed by atoms with Gasteiger partial charge in [-0.2, -0.15) is 0 Å². The van der Waals surface area contributed by atoms with Crippen LogP contribution in [0.5, 0.6) is 0 Å². The molecule has 13 heavy (non-hydrogen) atoms. The van der Waals surface area contributed by atoms with E-state index in [1.54, 1.807) is 7.11 Å². The molecule has 1 aromatic heterocycles. The Morgan fingerprint density at radius 2 is 2.62 bits per heavy atom. The minimum atomic E-state index is -0.0249.